The van der Waals surface area contributed by atoms with Crippen molar-refractivity contribution in [3.8, 4) is 16.9 Å². The lowest BCUT2D eigenvalue weighted by Gasteiger charge is -2.18. The molecule has 222 valence electrons. The number of hydrogen-bond acceptors (Lipinski definition) is 6. The van der Waals surface area contributed by atoms with Crippen molar-refractivity contribution in [2.45, 2.75) is 20.0 Å². The highest BCUT2D eigenvalue weighted by Crippen LogP contribution is 2.27. The standard InChI is InChI=1S/C37H29N3O5/c1-24-17-18-25(2)31(21-24)38-36(42)35(26-11-5-3-6-12-26)45-33(41)20-19-28-23-40(29-14-7-4-8-15-29)39-34(28)30-22-27-13-9-10-16-32(27)44-37(30)43/h3-23,35H,1-2H3,(H,38,42)/b20-19+. The molecule has 1 unspecified atom stereocenters. The third kappa shape index (κ3) is 6.50. The zero-order chi connectivity index (χ0) is 31.3. The molecule has 2 heterocycles. The lowest BCUT2D eigenvalue weighted by atomic mass is 10.1. The molecule has 8 nitrogen and oxygen atoms in total. The van der Waals surface area contributed by atoms with Gasteiger partial charge in [0.2, 0.25) is 6.10 Å². The van der Waals surface area contributed by atoms with E-state index in [1.807, 2.05) is 80.6 Å². The summed E-state index contributed by atoms with van der Waals surface area (Å²) >= 11 is 0. The Bertz CT molecular complexity index is 2100. The summed E-state index contributed by atoms with van der Waals surface area (Å²) in [5.41, 5.74) is 4.74. The number of nitrogens with zero attached hydrogens (tertiary/aromatic N) is 2. The maximum Gasteiger partial charge on any atom is 0.345 e. The molecule has 2 aromatic heterocycles. The number of aryl methyl sites for hydroxylation is 2. The van der Waals surface area contributed by atoms with Gasteiger partial charge in [-0.3, -0.25) is 4.79 Å². The van der Waals surface area contributed by atoms with Gasteiger partial charge in [0.25, 0.3) is 5.91 Å². The van der Waals surface area contributed by atoms with E-state index < -0.39 is 23.6 Å². The van der Waals surface area contributed by atoms with Crippen molar-refractivity contribution in [3.05, 3.63) is 154 Å². The fourth-order valence-corrected chi connectivity index (χ4v) is 4.94. The molecule has 8 heteroatoms. The van der Waals surface area contributed by atoms with E-state index in [0.29, 0.717) is 28.1 Å². The first-order valence-electron chi connectivity index (χ1n) is 14.4. The van der Waals surface area contributed by atoms with E-state index in [1.165, 1.54) is 12.2 Å². The first-order valence-corrected chi connectivity index (χ1v) is 14.4. The van der Waals surface area contributed by atoms with Crippen LogP contribution in [0.5, 0.6) is 0 Å². The molecular weight excluding hydrogens is 566 g/mol. The predicted octanol–water partition coefficient (Wildman–Crippen LogP) is 7.20. The first kappa shape index (κ1) is 29.1. The van der Waals surface area contributed by atoms with Gasteiger partial charge in [0, 0.05) is 34.5 Å². The number of anilines is 1. The minimum atomic E-state index is -1.21. The Labute approximate surface area is 259 Å². The Hall–Kier alpha value is -6.02. The Morgan fingerprint density at radius 1 is 0.889 bits per heavy atom. The maximum absolute atomic E-state index is 13.5. The molecule has 0 aliphatic rings. The number of esters is 1. The molecule has 0 aliphatic carbocycles. The summed E-state index contributed by atoms with van der Waals surface area (Å²) in [6, 6.07) is 32.9. The van der Waals surface area contributed by atoms with Gasteiger partial charge in [0.05, 0.1) is 11.3 Å². The molecule has 0 spiro atoms. The first-order chi connectivity index (χ1) is 21.9. The number of fused-ring (bicyclic) bond motifs is 1. The van der Waals surface area contributed by atoms with E-state index in [-0.39, 0.29) is 5.56 Å². The van der Waals surface area contributed by atoms with Gasteiger partial charge in [0.1, 0.15) is 11.3 Å². The second kappa shape index (κ2) is 12.7. The van der Waals surface area contributed by atoms with Gasteiger partial charge in [0.15, 0.2) is 0 Å². The lowest BCUT2D eigenvalue weighted by Crippen LogP contribution is -2.25. The van der Waals surface area contributed by atoms with Crippen LogP contribution >= 0.6 is 0 Å². The summed E-state index contributed by atoms with van der Waals surface area (Å²) in [5.74, 6) is -1.23. The van der Waals surface area contributed by atoms with E-state index in [9.17, 15) is 14.4 Å². The van der Waals surface area contributed by atoms with Gasteiger partial charge in [-0.25, -0.2) is 14.3 Å². The number of nitrogens with one attached hydrogen (secondary N) is 1. The van der Waals surface area contributed by atoms with Crippen LogP contribution in [-0.2, 0) is 14.3 Å². The molecular formula is C37H29N3O5. The van der Waals surface area contributed by atoms with Crippen LogP contribution < -0.4 is 10.9 Å². The zero-order valence-electron chi connectivity index (χ0n) is 24.6. The van der Waals surface area contributed by atoms with Crippen LogP contribution in [0.4, 0.5) is 5.69 Å². The van der Waals surface area contributed by atoms with Crippen molar-refractivity contribution < 1.29 is 18.7 Å². The number of carbonyl (C=O) groups is 2. The van der Waals surface area contributed by atoms with Crippen LogP contribution in [0.2, 0.25) is 0 Å². The van der Waals surface area contributed by atoms with Crippen molar-refractivity contribution >= 4 is 34.6 Å². The van der Waals surface area contributed by atoms with Crippen molar-refractivity contribution in [2.24, 2.45) is 0 Å². The summed E-state index contributed by atoms with van der Waals surface area (Å²) < 4.78 is 12.9. The van der Waals surface area contributed by atoms with Crippen molar-refractivity contribution in [2.75, 3.05) is 5.32 Å². The highest BCUT2D eigenvalue weighted by atomic mass is 16.5. The molecule has 0 bridgehead atoms. The van der Waals surface area contributed by atoms with Crippen LogP contribution in [0, 0.1) is 13.8 Å². The van der Waals surface area contributed by atoms with Gasteiger partial charge in [-0.15, -0.1) is 0 Å². The quantitative estimate of drug-likeness (QED) is 0.113. The largest absolute Gasteiger partial charge is 0.444 e. The number of carbonyl (C=O) groups excluding carboxylic acids is 2. The van der Waals surface area contributed by atoms with Gasteiger partial charge >= 0.3 is 11.6 Å². The highest BCUT2D eigenvalue weighted by molar-refractivity contribution is 5.98. The molecule has 6 rings (SSSR count). The zero-order valence-corrected chi connectivity index (χ0v) is 24.6. The summed E-state index contributed by atoms with van der Waals surface area (Å²) in [4.78, 5) is 39.8. The molecule has 0 aliphatic heterocycles. The molecule has 6 aromatic rings. The SMILES string of the molecule is Cc1ccc(C)c(NC(=O)C(OC(=O)/C=C/c2cn(-c3ccccc3)nc2-c2cc3ccccc3oc2=O)c2ccccc2)c1. The lowest BCUT2D eigenvalue weighted by molar-refractivity contribution is -0.149. The fraction of sp³-hybridized carbons (Fsp3) is 0.0811. The van der Waals surface area contributed by atoms with Crippen molar-refractivity contribution in [3.63, 3.8) is 0 Å². The van der Waals surface area contributed by atoms with E-state index in [1.54, 1.807) is 53.3 Å². The van der Waals surface area contributed by atoms with Gasteiger partial charge in [-0.2, -0.15) is 5.10 Å². The predicted molar refractivity (Wildman–Crippen MR) is 174 cm³/mol. The average molecular weight is 596 g/mol. The minimum absolute atomic E-state index is 0.242. The monoisotopic (exact) mass is 595 g/mol. The Balaban J connectivity index is 1.33. The third-order valence-electron chi connectivity index (χ3n) is 7.28. The molecule has 0 radical (unpaired) electrons. The number of hydrogen-bond donors (Lipinski definition) is 1. The van der Waals surface area contributed by atoms with E-state index in [0.717, 1.165) is 22.2 Å². The molecule has 4 aromatic carbocycles. The normalized spacial score (nSPS) is 11.9. The van der Waals surface area contributed by atoms with E-state index in [2.05, 4.69) is 10.4 Å². The molecule has 1 N–H and O–H groups in total. The van der Waals surface area contributed by atoms with Crippen LogP contribution in [-0.4, -0.2) is 21.7 Å². The molecule has 1 amide bonds. The fourth-order valence-electron chi connectivity index (χ4n) is 4.94. The maximum atomic E-state index is 13.5. The number of para-hydroxylation sites is 2. The molecule has 0 saturated heterocycles. The molecule has 0 saturated carbocycles. The third-order valence-corrected chi connectivity index (χ3v) is 7.28. The van der Waals surface area contributed by atoms with Crippen molar-refractivity contribution in [1.29, 1.82) is 0 Å². The minimum Gasteiger partial charge on any atom is -0.444 e. The Kier molecular flexibility index (Phi) is 8.20. The van der Waals surface area contributed by atoms with Gasteiger partial charge in [-0.1, -0.05) is 78.9 Å². The van der Waals surface area contributed by atoms with Crippen LogP contribution in [0.25, 0.3) is 34.0 Å². The smallest absolute Gasteiger partial charge is 0.345 e. The topological polar surface area (TPSA) is 103 Å². The number of aromatic nitrogens is 2. The van der Waals surface area contributed by atoms with Crippen LogP contribution in [0.3, 0.4) is 0 Å². The molecule has 45 heavy (non-hydrogen) atoms. The van der Waals surface area contributed by atoms with E-state index in [4.69, 9.17) is 9.15 Å². The second-order valence-corrected chi connectivity index (χ2v) is 10.6. The average Bonchev–Trinajstić information content (AvgIpc) is 3.49. The number of amides is 1. The summed E-state index contributed by atoms with van der Waals surface area (Å²) in [5, 5.41) is 8.32. The summed E-state index contributed by atoms with van der Waals surface area (Å²) in [7, 11) is 0. The number of ether oxygens (including phenoxy) is 1. The van der Waals surface area contributed by atoms with Crippen molar-refractivity contribution in [1.82, 2.24) is 9.78 Å². The van der Waals surface area contributed by atoms with E-state index >= 15 is 0 Å². The van der Waals surface area contributed by atoms with Gasteiger partial charge < -0.3 is 14.5 Å². The summed E-state index contributed by atoms with van der Waals surface area (Å²) in [6.45, 7) is 3.83. The second-order valence-electron chi connectivity index (χ2n) is 10.6. The van der Waals surface area contributed by atoms with Crippen LogP contribution in [0.15, 0.2) is 131 Å². The molecule has 1 atom stereocenters. The number of rotatable bonds is 8. The Morgan fingerprint density at radius 2 is 1.60 bits per heavy atom. The highest BCUT2D eigenvalue weighted by Gasteiger charge is 2.25. The summed E-state index contributed by atoms with van der Waals surface area (Å²) in [6.07, 6.45) is 3.25. The number of benzene rings is 4. The van der Waals surface area contributed by atoms with Gasteiger partial charge in [-0.05, 0) is 61.4 Å². The molecule has 0 fully saturated rings. The Morgan fingerprint density at radius 3 is 2.38 bits per heavy atom. The van der Waals surface area contributed by atoms with Crippen LogP contribution in [0.1, 0.15) is 28.4 Å².